The number of hydrogen-bond acceptors (Lipinski definition) is 4. The van der Waals surface area contributed by atoms with Crippen molar-refractivity contribution in [3.8, 4) is 5.88 Å². The first-order valence-corrected chi connectivity index (χ1v) is 10.3. The van der Waals surface area contributed by atoms with Gasteiger partial charge >= 0.3 is 6.18 Å². The lowest BCUT2D eigenvalue weighted by Gasteiger charge is -2.39. The first-order valence-electron chi connectivity index (χ1n) is 10.3. The Hall–Kier alpha value is -3.88. The van der Waals surface area contributed by atoms with Crippen molar-refractivity contribution in [2.24, 2.45) is 0 Å². The molecule has 0 N–H and O–H groups in total. The van der Waals surface area contributed by atoms with Gasteiger partial charge in [0.05, 0.1) is 35.3 Å². The molecule has 0 saturated heterocycles. The number of anilines is 3. The van der Waals surface area contributed by atoms with Gasteiger partial charge in [-0.05, 0) is 67.4 Å². The molecular formula is C25H21F4N3O2. The molecule has 0 saturated carbocycles. The van der Waals surface area contributed by atoms with E-state index in [2.05, 4.69) is 11.6 Å². The van der Waals surface area contributed by atoms with Gasteiger partial charge in [0, 0.05) is 11.8 Å². The van der Waals surface area contributed by atoms with Crippen molar-refractivity contribution in [1.82, 2.24) is 4.98 Å². The van der Waals surface area contributed by atoms with E-state index in [1.165, 1.54) is 30.2 Å². The zero-order valence-electron chi connectivity index (χ0n) is 18.7. The summed E-state index contributed by atoms with van der Waals surface area (Å²) < 4.78 is 59.4. The number of amides is 1. The van der Waals surface area contributed by atoms with Crippen molar-refractivity contribution >= 4 is 28.5 Å². The van der Waals surface area contributed by atoms with Gasteiger partial charge in [0.15, 0.2) is 0 Å². The average molecular weight is 471 g/mol. The van der Waals surface area contributed by atoms with E-state index in [1.54, 1.807) is 30.9 Å². The summed E-state index contributed by atoms with van der Waals surface area (Å²) in [5.41, 5.74) is 1.67. The molecule has 5 nitrogen and oxygen atoms in total. The van der Waals surface area contributed by atoms with Crippen LogP contribution in [0.5, 0.6) is 5.88 Å². The molecule has 1 aliphatic rings. The van der Waals surface area contributed by atoms with Gasteiger partial charge in [0.1, 0.15) is 12.5 Å². The third-order valence-corrected chi connectivity index (χ3v) is 5.58. The van der Waals surface area contributed by atoms with E-state index in [4.69, 9.17) is 4.74 Å². The number of alkyl halides is 3. The van der Waals surface area contributed by atoms with Crippen LogP contribution in [0.2, 0.25) is 0 Å². The van der Waals surface area contributed by atoms with E-state index in [1.807, 2.05) is 0 Å². The zero-order chi connectivity index (χ0) is 24.8. The molecule has 9 heteroatoms. The minimum atomic E-state index is -4.59. The lowest BCUT2D eigenvalue weighted by molar-refractivity contribution is -0.137. The highest BCUT2D eigenvalue weighted by atomic mass is 19.4. The van der Waals surface area contributed by atoms with Crippen molar-refractivity contribution in [3.63, 3.8) is 0 Å². The van der Waals surface area contributed by atoms with E-state index in [-0.39, 0.29) is 17.9 Å². The largest absolute Gasteiger partial charge is 0.481 e. The number of nitrogens with zero attached hydrogens (tertiary/aromatic N) is 3. The molecule has 0 atom stereocenters. The number of aryl methyl sites for hydroxylation is 1. The van der Waals surface area contributed by atoms with E-state index in [9.17, 15) is 22.4 Å². The summed E-state index contributed by atoms with van der Waals surface area (Å²) in [4.78, 5) is 20.9. The van der Waals surface area contributed by atoms with Gasteiger partial charge in [-0.1, -0.05) is 6.58 Å². The van der Waals surface area contributed by atoms with E-state index in [0.29, 0.717) is 34.1 Å². The molecule has 1 amide bonds. The summed E-state index contributed by atoms with van der Waals surface area (Å²) in [6, 6.07) is 10.2. The van der Waals surface area contributed by atoms with Crippen molar-refractivity contribution in [1.29, 1.82) is 0 Å². The minimum absolute atomic E-state index is 0.0754. The van der Waals surface area contributed by atoms with Crippen LogP contribution in [0.15, 0.2) is 55.1 Å². The van der Waals surface area contributed by atoms with Gasteiger partial charge in [-0.15, -0.1) is 0 Å². The topological polar surface area (TPSA) is 45.7 Å². The highest BCUT2D eigenvalue weighted by Crippen LogP contribution is 2.41. The van der Waals surface area contributed by atoms with Gasteiger partial charge in [-0.3, -0.25) is 9.69 Å². The molecule has 1 aromatic heterocycles. The number of rotatable bonds is 4. The number of allylic oxidation sites excluding steroid dienone is 1. The number of carbonyl (C=O) groups excluding carboxylic acids is 1. The second kappa shape index (κ2) is 8.48. The van der Waals surface area contributed by atoms with Crippen LogP contribution in [0.25, 0.3) is 5.57 Å². The monoisotopic (exact) mass is 471 g/mol. The van der Waals surface area contributed by atoms with Crippen LogP contribution in [-0.4, -0.2) is 24.7 Å². The highest BCUT2D eigenvalue weighted by Gasteiger charge is 2.37. The van der Waals surface area contributed by atoms with Crippen LogP contribution in [0.3, 0.4) is 0 Å². The number of benzene rings is 2. The number of ether oxygens (including phenoxy) is 1. The molecule has 176 valence electrons. The highest BCUT2D eigenvalue weighted by molar-refractivity contribution is 6.13. The maximum Gasteiger partial charge on any atom is 0.416 e. The van der Waals surface area contributed by atoms with Crippen LogP contribution in [0.1, 0.15) is 34.1 Å². The molecule has 0 aliphatic carbocycles. The van der Waals surface area contributed by atoms with E-state index in [0.717, 1.165) is 18.2 Å². The predicted octanol–water partition coefficient (Wildman–Crippen LogP) is 6.35. The maximum atomic E-state index is 13.8. The van der Waals surface area contributed by atoms with Crippen LogP contribution in [-0.2, 0) is 6.18 Å². The molecule has 2 heterocycles. The number of halogens is 4. The average Bonchev–Trinajstić information content (AvgIpc) is 2.78. The molecule has 2 aromatic carbocycles. The fraction of sp³-hybridized carbons (Fsp3) is 0.200. The molecule has 4 rings (SSSR count). The third-order valence-electron chi connectivity index (χ3n) is 5.58. The predicted molar refractivity (Wildman–Crippen MR) is 122 cm³/mol. The Bertz CT molecular complexity index is 1300. The Kier molecular flexibility index (Phi) is 5.80. The van der Waals surface area contributed by atoms with E-state index < -0.39 is 23.5 Å². The molecular weight excluding hydrogens is 450 g/mol. The number of hydrogen-bond donors (Lipinski definition) is 0. The minimum Gasteiger partial charge on any atom is -0.481 e. The molecule has 0 spiro atoms. The van der Waals surface area contributed by atoms with Crippen LogP contribution >= 0.6 is 0 Å². The lowest BCUT2D eigenvalue weighted by atomic mass is 10.0. The van der Waals surface area contributed by atoms with Crippen LogP contribution in [0.4, 0.5) is 34.6 Å². The van der Waals surface area contributed by atoms with Crippen molar-refractivity contribution < 1.29 is 27.1 Å². The SMILES string of the molecule is C=C(C)c1nc(OC)ccc1N1CN(c2ccc(F)cc2C)c2cc(C(F)(F)F)ccc2C1=O. The molecule has 0 fully saturated rings. The first kappa shape index (κ1) is 23.3. The van der Waals surface area contributed by atoms with Crippen molar-refractivity contribution in [2.75, 3.05) is 23.6 Å². The van der Waals surface area contributed by atoms with Gasteiger partial charge in [0.25, 0.3) is 5.91 Å². The standard InChI is InChI=1S/C25H21F4N3O2/c1-14(2)23-20(9-10-22(30-23)34-4)32-13-31(19-8-6-17(26)11-15(19)3)21-12-16(25(27,28)29)5-7-18(21)24(32)33/h5-12H,1,13H2,2-4H3. The van der Waals surface area contributed by atoms with E-state index >= 15 is 0 Å². The summed E-state index contributed by atoms with van der Waals surface area (Å²) >= 11 is 0. The number of pyridine rings is 1. The molecule has 34 heavy (non-hydrogen) atoms. The quantitative estimate of drug-likeness (QED) is 0.416. The third kappa shape index (κ3) is 4.09. The van der Waals surface area contributed by atoms with Gasteiger partial charge in [-0.25, -0.2) is 9.37 Å². The molecule has 3 aromatic rings. The van der Waals surface area contributed by atoms with Gasteiger partial charge < -0.3 is 9.64 Å². The summed E-state index contributed by atoms with van der Waals surface area (Å²) in [7, 11) is 1.46. The van der Waals surface area contributed by atoms with Gasteiger partial charge in [0.2, 0.25) is 5.88 Å². The molecule has 0 unspecified atom stereocenters. The van der Waals surface area contributed by atoms with Crippen molar-refractivity contribution in [3.05, 3.63) is 83.3 Å². The fourth-order valence-electron chi connectivity index (χ4n) is 3.93. The maximum absolute atomic E-state index is 13.8. The smallest absolute Gasteiger partial charge is 0.416 e. The lowest BCUT2D eigenvalue weighted by Crippen LogP contribution is -2.45. The summed E-state index contributed by atoms with van der Waals surface area (Å²) in [6.45, 7) is 7.19. The first-order chi connectivity index (χ1) is 16.0. The number of carbonyl (C=O) groups is 1. The van der Waals surface area contributed by atoms with Crippen LogP contribution < -0.4 is 14.5 Å². The van der Waals surface area contributed by atoms with Crippen molar-refractivity contribution in [2.45, 2.75) is 20.0 Å². The Morgan fingerprint density at radius 3 is 2.35 bits per heavy atom. The zero-order valence-corrected chi connectivity index (χ0v) is 18.7. The normalized spacial score (nSPS) is 13.7. The van der Waals surface area contributed by atoms with Crippen LogP contribution in [0, 0.1) is 12.7 Å². The Morgan fingerprint density at radius 2 is 1.74 bits per heavy atom. The van der Waals surface area contributed by atoms with Gasteiger partial charge in [-0.2, -0.15) is 13.2 Å². The second-order valence-corrected chi connectivity index (χ2v) is 7.96. The Morgan fingerprint density at radius 1 is 1.03 bits per heavy atom. The number of fused-ring (bicyclic) bond motifs is 1. The number of aromatic nitrogens is 1. The fourth-order valence-corrected chi connectivity index (χ4v) is 3.93. The molecule has 0 bridgehead atoms. The molecule has 0 radical (unpaired) electrons. The summed E-state index contributed by atoms with van der Waals surface area (Å²) in [5, 5.41) is 0. The summed E-state index contributed by atoms with van der Waals surface area (Å²) in [6.07, 6.45) is -4.59. The Balaban J connectivity index is 1.93. The number of methoxy groups -OCH3 is 1. The summed E-state index contributed by atoms with van der Waals surface area (Å²) in [5.74, 6) is -0.638. The molecule has 1 aliphatic heterocycles. The Labute approximate surface area is 193 Å². The second-order valence-electron chi connectivity index (χ2n) is 7.96.